The van der Waals surface area contributed by atoms with Gasteiger partial charge in [-0.25, -0.2) is 0 Å². The highest BCUT2D eigenvalue weighted by Gasteiger charge is 2.35. The van der Waals surface area contributed by atoms with E-state index in [9.17, 15) is 0 Å². The molecular formula is C43H29NS2. The average molecular weight is 624 g/mol. The number of nitrogens with zero attached hydrogens (tertiary/aromatic N) is 1. The first-order valence-electron chi connectivity index (χ1n) is 15.8. The van der Waals surface area contributed by atoms with Crippen molar-refractivity contribution >= 4 is 90.9 Å². The van der Waals surface area contributed by atoms with Gasteiger partial charge in [0.2, 0.25) is 0 Å². The molecule has 0 saturated heterocycles. The average Bonchev–Trinajstić information content (AvgIpc) is 3.73. The summed E-state index contributed by atoms with van der Waals surface area (Å²) in [5.74, 6) is 0. The highest BCUT2D eigenvalue weighted by molar-refractivity contribution is 7.26. The van der Waals surface area contributed by atoms with E-state index in [2.05, 4.69) is 158 Å². The minimum atomic E-state index is -0.0752. The number of rotatable bonds is 3. The summed E-state index contributed by atoms with van der Waals surface area (Å²) < 4.78 is 5.31. The Balaban J connectivity index is 1.23. The number of hydrogen-bond donors (Lipinski definition) is 0. The van der Waals surface area contributed by atoms with Crippen molar-refractivity contribution in [3.8, 4) is 11.1 Å². The lowest BCUT2D eigenvalue weighted by Gasteiger charge is -2.28. The van der Waals surface area contributed by atoms with Gasteiger partial charge in [-0.05, 0) is 87.6 Å². The van der Waals surface area contributed by atoms with Crippen LogP contribution in [0.2, 0.25) is 0 Å². The largest absolute Gasteiger partial charge is 0.310 e. The van der Waals surface area contributed by atoms with Gasteiger partial charge in [0.1, 0.15) is 0 Å². The van der Waals surface area contributed by atoms with Crippen LogP contribution in [-0.2, 0) is 5.41 Å². The molecule has 1 nitrogen and oxygen atoms in total. The van der Waals surface area contributed by atoms with Crippen LogP contribution in [0.5, 0.6) is 0 Å². The molecule has 1 aliphatic carbocycles. The van der Waals surface area contributed by atoms with Crippen LogP contribution in [-0.4, -0.2) is 0 Å². The van der Waals surface area contributed by atoms with Crippen molar-refractivity contribution < 1.29 is 0 Å². The van der Waals surface area contributed by atoms with Gasteiger partial charge < -0.3 is 4.90 Å². The molecule has 0 unspecified atom stereocenters. The number of hydrogen-bond acceptors (Lipinski definition) is 3. The van der Waals surface area contributed by atoms with Crippen molar-refractivity contribution in [1.29, 1.82) is 0 Å². The third kappa shape index (κ3) is 3.67. The number of benzene rings is 7. The summed E-state index contributed by atoms with van der Waals surface area (Å²) >= 11 is 3.76. The summed E-state index contributed by atoms with van der Waals surface area (Å²) in [5, 5.41) is 7.90. The monoisotopic (exact) mass is 623 g/mol. The van der Waals surface area contributed by atoms with Crippen LogP contribution in [0.3, 0.4) is 0 Å². The molecule has 0 aliphatic heterocycles. The molecule has 2 heterocycles. The van der Waals surface area contributed by atoms with Crippen LogP contribution in [0.4, 0.5) is 17.1 Å². The van der Waals surface area contributed by atoms with Gasteiger partial charge >= 0.3 is 0 Å². The molecule has 0 bridgehead atoms. The second-order valence-corrected chi connectivity index (χ2v) is 15.1. The van der Waals surface area contributed by atoms with Crippen molar-refractivity contribution in [3.05, 3.63) is 151 Å². The summed E-state index contributed by atoms with van der Waals surface area (Å²) in [6.07, 6.45) is 0. The first-order chi connectivity index (χ1) is 22.5. The third-order valence-corrected chi connectivity index (χ3v) is 12.3. The Bertz CT molecular complexity index is 2690. The molecule has 0 radical (unpaired) electrons. The lowest BCUT2D eigenvalue weighted by Crippen LogP contribution is -2.16. The van der Waals surface area contributed by atoms with Crippen LogP contribution in [0.1, 0.15) is 25.0 Å². The Morgan fingerprint density at radius 3 is 1.93 bits per heavy atom. The zero-order chi connectivity index (χ0) is 30.6. The number of fused-ring (bicyclic) bond motifs is 11. The van der Waals surface area contributed by atoms with Gasteiger partial charge in [0, 0.05) is 62.8 Å². The Hall–Kier alpha value is -4.96. The second kappa shape index (κ2) is 9.53. The van der Waals surface area contributed by atoms with Crippen LogP contribution in [0.15, 0.2) is 140 Å². The van der Waals surface area contributed by atoms with Gasteiger partial charge in [0.25, 0.3) is 0 Å². The molecule has 0 spiro atoms. The lowest BCUT2D eigenvalue weighted by molar-refractivity contribution is 0.660. The lowest BCUT2D eigenvalue weighted by atomic mass is 9.82. The first kappa shape index (κ1) is 26.3. The highest BCUT2D eigenvalue weighted by Crippen LogP contribution is 2.51. The molecule has 2 aromatic heterocycles. The van der Waals surface area contributed by atoms with Crippen molar-refractivity contribution in [2.24, 2.45) is 0 Å². The molecule has 0 amide bonds. The molecule has 218 valence electrons. The fourth-order valence-electron chi connectivity index (χ4n) is 7.80. The molecule has 0 atom stereocenters. The van der Waals surface area contributed by atoms with Crippen molar-refractivity contribution in [1.82, 2.24) is 0 Å². The molecule has 10 rings (SSSR count). The van der Waals surface area contributed by atoms with Gasteiger partial charge in [-0.15, -0.1) is 22.7 Å². The zero-order valence-electron chi connectivity index (χ0n) is 25.5. The van der Waals surface area contributed by atoms with E-state index in [0.717, 1.165) is 0 Å². The topological polar surface area (TPSA) is 3.24 Å². The fourth-order valence-corrected chi connectivity index (χ4v) is 10.1. The van der Waals surface area contributed by atoms with E-state index in [1.165, 1.54) is 90.4 Å². The summed E-state index contributed by atoms with van der Waals surface area (Å²) in [6, 6.07) is 52.2. The number of thiophene rings is 2. The smallest absolute Gasteiger partial charge is 0.0476 e. The summed E-state index contributed by atoms with van der Waals surface area (Å²) in [5.41, 5.74) is 8.93. The van der Waals surface area contributed by atoms with Gasteiger partial charge in [-0.3, -0.25) is 0 Å². The predicted octanol–water partition coefficient (Wildman–Crippen LogP) is 13.4. The predicted molar refractivity (Wildman–Crippen MR) is 202 cm³/mol. The Kier molecular flexibility index (Phi) is 5.44. The van der Waals surface area contributed by atoms with Crippen molar-refractivity contribution in [2.75, 3.05) is 4.90 Å². The zero-order valence-corrected chi connectivity index (χ0v) is 27.2. The van der Waals surface area contributed by atoms with Gasteiger partial charge in [-0.2, -0.15) is 0 Å². The van der Waals surface area contributed by atoms with Crippen LogP contribution in [0.25, 0.3) is 62.2 Å². The minimum Gasteiger partial charge on any atom is -0.310 e. The van der Waals surface area contributed by atoms with Crippen molar-refractivity contribution in [3.63, 3.8) is 0 Å². The van der Waals surface area contributed by atoms with Gasteiger partial charge in [-0.1, -0.05) is 98.8 Å². The van der Waals surface area contributed by atoms with E-state index in [-0.39, 0.29) is 5.41 Å². The fraction of sp³-hybridized carbons (Fsp3) is 0.0698. The first-order valence-corrected chi connectivity index (χ1v) is 17.5. The normalized spacial score (nSPS) is 13.6. The molecular weight excluding hydrogens is 595 g/mol. The molecule has 0 N–H and O–H groups in total. The molecule has 0 saturated carbocycles. The standard InChI is InChI=1S/C43H29NS2/c1-43(2)36-12-6-3-9-30(36)31-20-18-28(24-37(31)43)44(29-19-21-33-32-10-4-7-13-38(32)46-41(33)25-29)27-17-15-26-16-22-40-42(35(26)23-27)34-11-5-8-14-39(34)45-40/h3-25H,1-2H3. The second-order valence-electron chi connectivity index (χ2n) is 13.0. The summed E-state index contributed by atoms with van der Waals surface area (Å²) in [6.45, 7) is 4.73. The van der Waals surface area contributed by atoms with E-state index in [1.54, 1.807) is 0 Å². The van der Waals surface area contributed by atoms with E-state index in [1.807, 2.05) is 22.7 Å². The molecule has 7 aromatic carbocycles. The maximum absolute atomic E-state index is 2.47. The molecule has 1 aliphatic rings. The third-order valence-electron chi connectivity index (χ3n) is 10.0. The van der Waals surface area contributed by atoms with Gasteiger partial charge in [0.05, 0.1) is 0 Å². The Morgan fingerprint density at radius 2 is 1.04 bits per heavy atom. The van der Waals surface area contributed by atoms with E-state index in [4.69, 9.17) is 0 Å². The maximum Gasteiger partial charge on any atom is 0.0476 e. The Morgan fingerprint density at radius 1 is 0.435 bits per heavy atom. The quantitative estimate of drug-likeness (QED) is 0.189. The van der Waals surface area contributed by atoms with E-state index < -0.39 is 0 Å². The Labute approximate surface area is 275 Å². The SMILES string of the molecule is CC1(C)c2ccccc2-c2ccc(N(c3ccc4c(c3)sc3ccccc34)c3ccc4ccc5sc6ccccc6c5c4c3)cc21. The molecule has 46 heavy (non-hydrogen) atoms. The van der Waals surface area contributed by atoms with E-state index >= 15 is 0 Å². The molecule has 3 heteroatoms. The maximum atomic E-state index is 2.47. The van der Waals surface area contributed by atoms with Crippen LogP contribution in [0, 0.1) is 0 Å². The highest BCUT2D eigenvalue weighted by atomic mass is 32.1. The van der Waals surface area contributed by atoms with Crippen molar-refractivity contribution in [2.45, 2.75) is 19.3 Å². The number of anilines is 3. The summed E-state index contributed by atoms with van der Waals surface area (Å²) in [7, 11) is 0. The summed E-state index contributed by atoms with van der Waals surface area (Å²) in [4.78, 5) is 2.47. The molecule has 9 aromatic rings. The van der Waals surface area contributed by atoms with Crippen LogP contribution >= 0.6 is 22.7 Å². The van der Waals surface area contributed by atoms with E-state index in [0.29, 0.717) is 0 Å². The van der Waals surface area contributed by atoms with Crippen LogP contribution < -0.4 is 4.90 Å². The molecule has 0 fully saturated rings. The van der Waals surface area contributed by atoms with Gasteiger partial charge in [0.15, 0.2) is 0 Å². The minimum absolute atomic E-state index is 0.0752.